The number of aryl methyl sites for hydroxylation is 1. The number of rotatable bonds is 4. The number of nitrogens with one attached hydrogen (secondary N) is 1. The molecule has 1 aromatic heterocycles. The largest absolute Gasteiger partial charge is 0.469 e. The molecule has 2 heterocycles. The molecule has 0 radical (unpaired) electrons. The second-order valence-electron chi connectivity index (χ2n) is 4.90. The Kier molecular flexibility index (Phi) is 3.52. The van der Waals surface area contributed by atoms with Gasteiger partial charge in [-0.1, -0.05) is 6.92 Å². The molecule has 94 valence electrons. The Labute approximate surface area is 102 Å². The van der Waals surface area contributed by atoms with Crippen LogP contribution >= 0.6 is 0 Å². The predicted octanol–water partition coefficient (Wildman–Crippen LogP) is 1.40. The number of nitrogens with zero attached hydrogens (tertiary/aromatic N) is 1. The summed E-state index contributed by atoms with van der Waals surface area (Å²) >= 11 is 0. The molecular formula is C13H20N2O2. The molecule has 0 spiro atoms. The molecule has 1 N–H and O–H groups in total. The van der Waals surface area contributed by atoms with Gasteiger partial charge in [0, 0.05) is 25.1 Å². The average Bonchev–Trinajstić information content (AvgIpc) is 2.60. The zero-order valence-corrected chi connectivity index (χ0v) is 10.7. The van der Waals surface area contributed by atoms with Crippen LogP contribution in [-0.4, -0.2) is 30.9 Å². The van der Waals surface area contributed by atoms with Crippen molar-refractivity contribution in [3.63, 3.8) is 0 Å². The lowest BCUT2D eigenvalue weighted by Gasteiger charge is -2.33. The van der Waals surface area contributed by atoms with E-state index < -0.39 is 0 Å². The molecule has 1 aliphatic rings. The van der Waals surface area contributed by atoms with Gasteiger partial charge in [0.2, 0.25) is 5.91 Å². The second kappa shape index (κ2) is 4.92. The fraction of sp³-hybridized carbons (Fsp3) is 0.615. The molecule has 0 bridgehead atoms. The molecule has 17 heavy (non-hydrogen) atoms. The van der Waals surface area contributed by atoms with Crippen molar-refractivity contribution in [1.82, 2.24) is 10.2 Å². The maximum atomic E-state index is 12.2. The normalized spacial score (nSPS) is 17.6. The first-order valence-corrected chi connectivity index (χ1v) is 6.08. The molecule has 0 aromatic carbocycles. The van der Waals surface area contributed by atoms with Crippen LogP contribution in [0.5, 0.6) is 0 Å². The van der Waals surface area contributed by atoms with E-state index in [0.717, 1.165) is 24.4 Å². The van der Waals surface area contributed by atoms with Crippen LogP contribution < -0.4 is 5.32 Å². The van der Waals surface area contributed by atoms with Crippen molar-refractivity contribution in [3.05, 3.63) is 23.7 Å². The second-order valence-corrected chi connectivity index (χ2v) is 4.90. The highest BCUT2D eigenvalue weighted by atomic mass is 16.3. The SMILES string of the molecule is Cc1occc1CN(C)C(=O)C(C)C1CNC1. The maximum Gasteiger partial charge on any atom is 0.225 e. The van der Waals surface area contributed by atoms with E-state index in [-0.39, 0.29) is 11.8 Å². The third-order valence-electron chi connectivity index (χ3n) is 3.66. The number of hydrogen-bond donors (Lipinski definition) is 1. The minimum atomic E-state index is 0.105. The molecule has 0 aliphatic carbocycles. The summed E-state index contributed by atoms with van der Waals surface area (Å²) in [6.45, 7) is 6.50. The highest BCUT2D eigenvalue weighted by Gasteiger charge is 2.30. The average molecular weight is 236 g/mol. The Hall–Kier alpha value is -1.29. The van der Waals surface area contributed by atoms with Gasteiger partial charge in [-0.15, -0.1) is 0 Å². The first-order valence-electron chi connectivity index (χ1n) is 6.08. The molecule has 4 nitrogen and oxygen atoms in total. The van der Waals surface area contributed by atoms with Crippen LogP contribution in [0.1, 0.15) is 18.2 Å². The monoisotopic (exact) mass is 236 g/mol. The van der Waals surface area contributed by atoms with Gasteiger partial charge in [-0.05, 0) is 32.0 Å². The molecular weight excluding hydrogens is 216 g/mol. The van der Waals surface area contributed by atoms with Gasteiger partial charge in [0.05, 0.1) is 6.26 Å². The number of furan rings is 1. The third kappa shape index (κ3) is 2.52. The van der Waals surface area contributed by atoms with Crippen molar-refractivity contribution < 1.29 is 9.21 Å². The molecule has 1 saturated heterocycles. The van der Waals surface area contributed by atoms with E-state index in [1.807, 2.05) is 27.0 Å². The van der Waals surface area contributed by atoms with Gasteiger partial charge in [0.1, 0.15) is 5.76 Å². The van der Waals surface area contributed by atoms with Gasteiger partial charge in [0.25, 0.3) is 0 Å². The fourth-order valence-corrected chi connectivity index (χ4v) is 2.12. The van der Waals surface area contributed by atoms with Crippen LogP contribution in [0.4, 0.5) is 0 Å². The minimum absolute atomic E-state index is 0.105. The Balaban J connectivity index is 1.93. The van der Waals surface area contributed by atoms with Crippen molar-refractivity contribution in [2.75, 3.05) is 20.1 Å². The van der Waals surface area contributed by atoms with Crippen LogP contribution in [0, 0.1) is 18.8 Å². The van der Waals surface area contributed by atoms with Gasteiger partial charge >= 0.3 is 0 Å². The standard InChI is InChI=1S/C13H20N2O2/c1-9(12-6-14-7-12)13(16)15(3)8-11-4-5-17-10(11)2/h4-5,9,12,14H,6-8H2,1-3H3. The van der Waals surface area contributed by atoms with Gasteiger partial charge < -0.3 is 14.6 Å². The quantitative estimate of drug-likeness (QED) is 0.859. The van der Waals surface area contributed by atoms with Crippen molar-refractivity contribution in [1.29, 1.82) is 0 Å². The van der Waals surface area contributed by atoms with E-state index in [1.54, 1.807) is 11.2 Å². The van der Waals surface area contributed by atoms with Crippen molar-refractivity contribution >= 4 is 5.91 Å². The van der Waals surface area contributed by atoms with Crippen molar-refractivity contribution in [2.24, 2.45) is 11.8 Å². The number of carbonyl (C=O) groups excluding carboxylic acids is 1. The minimum Gasteiger partial charge on any atom is -0.469 e. The molecule has 1 atom stereocenters. The van der Waals surface area contributed by atoms with Crippen LogP contribution in [0.15, 0.2) is 16.7 Å². The Morgan fingerprint density at radius 1 is 1.65 bits per heavy atom. The van der Waals surface area contributed by atoms with E-state index in [1.165, 1.54) is 0 Å². The van der Waals surface area contributed by atoms with Crippen LogP contribution in [0.3, 0.4) is 0 Å². The van der Waals surface area contributed by atoms with Crippen molar-refractivity contribution in [3.8, 4) is 0 Å². The molecule has 1 amide bonds. The zero-order valence-electron chi connectivity index (χ0n) is 10.7. The lowest BCUT2D eigenvalue weighted by molar-refractivity contribution is -0.136. The summed E-state index contributed by atoms with van der Waals surface area (Å²) < 4.78 is 5.24. The molecule has 1 aliphatic heterocycles. The van der Waals surface area contributed by atoms with Crippen LogP contribution in [0.2, 0.25) is 0 Å². The van der Waals surface area contributed by atoms with E-state index in [9.17, 15) is 4.79 Å². The first kappa shape index (κ1) is 12.2. The predicted molar refractivity (Wildman–Crippen MR) is 65.4 cm³/mol. The highest BCUT2D eigenvalue weighted by Crippen LogP contribution is 2.19. The summed E-state index contributed by atoms with van der Waals surface area (Å²) in [5.41, 5.74) is 1.08. The summed E-state index contributed by atoms with van der Waals surface area (Å²) in [4.78, 5) is 14.0. The Morgan fingerprint density at radius 2 is 2.35 bits per heavy atom. The number of carbonyl (C=O) groups is 1. The smallest absolute Gasteiger partial charge is 0.225 e. The number of hydrogen-bond acceptors (Lipinski definition) is 3. The maximum absolute atomic E-state index is 12.2. The van der Waals surface area contributed by atoms with Crippen molar-refractivity contribution in [2.45, 2.75) is 20.4 Å². The van der Waals surface area contributed by atoms with Gasteiger partial charge in [-0.25, -0.2) is 0 Å². The Morgan fingerprint density at radius 3 is 2.82 bits per heavy atom. The van der Waals surface area contributed by atoms with E-state index in [2.05, 4.69) is 5.32 Å². The molecule has 4 heteroatoms. The summed E-state index contributed by atoms with van der Waals surface area (Å²) in [7, 11) is 1.86. The lowest BCUT2D eigenvalue weighted by atomic mass is 9.88. The number of amides is 1. The van der Waals surface area contributed by atoms with Gasteiger partial charge in [0.15, 0.2) is 0 Å². The fourth-order valence-electron chi connectivity index (χ4n) is 2.12. The van der Waals surface area contributed by atoms with E-state index in [0.29, 0.717) is 12.5 Å². The Bertz CT molecular complexity index is 396. The molecule has 1 fully saturated rings. The molecule has 0 saturated carbocycles. The summed E-state index contributed by atoms with van der Waals surface area (Å²) in [5.74, 6) is 1.71. The lowest BCUT2D eigenvalue weighted by Crippen LogP contribution is -2.49. The summed E-state index contributed by atoms with van der Waals surface area (Å²) in [6.07, 6.45) is 1.67. The van der Waals surface area contributed by atoms with Gasteiger partial charge in [-0.2, -0.15) is 0 Å². The summed E-state index contributed by atoms with van der Waals surface area (Å²) in [5, 5.41) is 3.20. The summed E-state index contributed by atoms with van der Waals surface area (Å²) in [6, 6.07) is 1.93. The van der Waals surface area contributed by atoms with E-state index >= 15 is 0 Å². The first-order chi connectivity index (χ1) is 8.09. The topological polar surface area (TPSA) is 45.5 Å². The van der Waals surface area contributed by atoms with Crippen LogP contribution in [0.25, 0.3) is 0 Å². The molecule has 1 unspecified atom stereocenters. The molecule has 1 aromatic rings. The highest BCUT2D eigenvalue weighted by molar-refractivity contribution is 5.78. The van der Waals surface area contributed by atoms with E-state index in [4.69, 9.17) is 4.42 Å². The van der Waals surface area contributed by atoms with Crippen LogP contribution in [-0.2, 0) is 11.3 Å². The van der Waals surface area contributed by atoms with Gasteiger partial charge in [-0.3, -0.25) is 4.79 Å². The molecule has 2 rings (SSSR count). The zero-order chi connectivity index (χ0) is 12.4. The third-order valence-corrected chi connectivity index (χ3v) is 3.66.